The van der Waals surface area contributed by atoms with E-state index < -0.39 is 16.6 Å². The molecule has 0 heterocycles. The third kappa shape index (κ3) is 4.88. The van der Waals surface area contributed by atoms with Crippen molar-refractivity contribution < 1.29 is 18.8 Å². The number of hydrogen-bond donors (Lipinski definition) is 1. The molecule has 0 saturated heterocycles. The van der Waals surface area contributed by atoms with Gasteiger partial charge in [0.25, 0.3) is 8.32 Å². The predicted molar refractivity (Wildman–Crippen MR) is 109 cm³/mol. The molecule has 0 aliphatic carbocycles. The van der Waals surface area contributed by atoms with Crippen molar-refractivity contribution in [3.63, 3.8) is 0 Å². The van der Waals surface area contributed by atoms with Gasteiger partial charge < -0.3 is 14.0 Å². The Morgan fingerprint density at radius 2 is 1.32 bits per heavy atom. The lowest BCUT2D eigenvalue weighted by molar-refractivity contribution is 0.111. The van der Waals surface area contributed by atoms with Crippen molar-refractivity contribution in [1.29, 1.82) is 0 Å². The lowest BCUT2D eigenvalue weighted by Crippen LogP contribution is -2.44. The highest BCUT2D eigenvalue weighted by atomic mass is 28.4. The highest BCUT2D eigenvalue weighted by molar-refractivity contribution is 6.75. The number of phenols is 1. The number of benzene rings is 1. The minimum Gasteiger partial charge on any atom is -0.543 e. The molecule has 0 fully saturated rings. The van der Waals surface area contributed by atoms with Crippen molar-refractivity contribution in [1.82, 2.24) is 0 Å². The van der Waals surface area contributed by atoms with Gasteiger partial charge in [0.15, 0.2) is 6.29 Å². The van der Waals surface area contributed by atoms with Gasteiger partial charge >= 0.3 is 0 Å². The number of phenolic OH excluding ortho intramolecular Hbond substituents is 1. The minimum absolute atomic E-state index is 0.0148. The van der Waals surface area contributed by atoms with Crippen LogP contribution in [-0.2, 0) is 0 Å². The second kappa shape index (κ2) is 6.80. The summed E-state index contributed by atoms with van der Waals surface area (Å²) in [5, 5.41) is 10.3. The van der Waals surface area contributed by atoms with Crippen molar-refractivity contribution in [2.75, 3.05) is 0 Å². The molecule has 1 N–H and O–H groups in total. The van der Waals surface area contributed by atoms with Crippen LogP contribution in [0.4, 0.5) is 0 Å². The van der Waals surface area contributed by atoms with Crippen LogP contribution in [0, 0.1) is 0 Å². The Balaban J connectivity index is 3.35. The lowest BCUT2D eigenvalue weighted by atomic mass is 10.2. The molecule has 0 aromatic heterocycles. The van der Waals surface area contributed by atoms with Crippen molar-refractivity contribution in [2.45, 2.75) is 77.8 Å². The second-order valence-electron chi connectivity index (χ2n) is 9.70. The maximum atomic E-state index is 11.5. The number of rotatable bonds is 5. The number of carbonyl (C=O) groups excluding carboxylic acids is 1. The number of aldehydes is 1. The van der Waals surface area contributed by atoms with E-state index in [-0.39, 0.29) is 21.4 Å². The molecule has 0 saturated carbocycles. The SMILES string of the molecule is CC(C)(C)[Si](C)(C)Oc1cc(O)c(C=O)c(O[Si](C)(C)C(C)(C)C)c1. The van der Waals surface area contributed by atoms with E-state index in [9.17, 15) is 9.90 Å². The predicted octanol–water partition coefficient (Wildman–Crippen LogP) is 5.97. The molecule has 0 amide bonds. The summed E-state index contributed by atoms with van der Waals surface area (Å²) >= 11 is 0. The van der Waals surface area contributed by atoms with Crippen molar-refractivity contribution >= 4 is 22.9 Å². The largest absolute Gasteiger partial charge is 0.543 e. The van der Waals surface area contributed by atoms with E-state index in [0.717, 1.165) is 0 Å². The molecule has 0 spiro atoms. The Morgan fingerprint density at radius 3 is 1.72 bits per heavy atom. The fraction of sp³-hybridized carbons (Fsp3) is 0.632. The maximum Gasteiger partial charge on any atom is 0.250 e. The van der Waals surface area contributed by atoms with Crippen LogP contribution in [0.5, 0.6) is 17.2 Å². The molecule has 142 valence electrons. The Morgan fingerprint density at radius 1 is 0.880 bits per heavy atom. The normalized spacial score (nSPS) is 13.5. The number of carbonyl (C=O) groups is 1. The fourth-order valence-corrected chi connectivity index (χ4v) is 3.76. The first-order valence-electron chi connectivity index (χ1n) is 8.72. The third-order valence-electron chi connectivity index (χ3n) is 5.56. The van der Waals surface area contributed by atoms with Gasteiger partial charge in [-0.3, -0.25) is 4.79 Å². The summed E-state index contributed by atoms with van der Waals surface area (Å²) in [6.07, 6.45) is 0.647. The average molecular weight is 383 g/mol. The molecule has 0 aliphatic heterocycles. The number of aromatic hydroxyl groups is 1. The Bertz CT molecular complexity index is 638. The molecule has 6 heteroatoms. The van der Waals surface area contributed by atoms with Crippen LogP contribution < -0.4 is 8.85 Å². The van der Waals surface area contributed by atoms with Gasteiger partial charge in [-0.05, 0) is 36.3 Å². The fourth-order valence-electron chi connectivity index (χ4n) is 1.72. The molecule has 1 aromatic carbocycles. The van der Waals surface area contributed by atoms with Crippen LogP contribution in [0.25, 0.3) is 0 Å². The zero-order valence-corrected chi connectivity index (χ0v) is 19.4. The van der Waals surface area contributed by atoms with E-state index in [1.165, 1.54) is 6.07 Å². The summed E-state index contributed by atoms with van der Waals surface area (Å²) in [5.41, 5.74) is 0.187. The van der Waals surface area contributed by atoms with Gasteiger partial charge in [0.05, 0.1) is 5.56 Å². The van der Waals surface area contributed by atoms with E-state index in [1.54, 1.807) is 6.07 Å². The molecule has 0 aliphatic rings. The molecule has 4 nitrogen and oxygen atoms in total. The van der Waals surface area contributed by atoms with Crippen LogP contribution in [0.15, 0.2) is 12.1 Å². The third-order valence-corrected chi connectivity index (χ3v) is 14.3. The van der Waals surface area contributed by atoms with E-state index in [4.69, 9.17) is 8.85 Å². The van der Waals surface area contributed by atoms with E-state index in [1.807, 2.05) is 0 Å². The monoisotopic (exact) mass is 382 g/mol. The Kier molecular flexibility index (Phi) is 5.92. The molecule has 0 unspecified atom stereocenters. The first-order valence-corrected chi connectivity index (χ1v) is 14.5. The van der Waals surface area contributed by atoms with Gasteiger partial charge in [-0.2, -0.15) is 0 Å². The highest BCUT2D eigenvalue weighted by Gasteiger charge is 2.41. The molecular weight excluding hydrogens is 348 g/mol. The first kappa shape index (κ1) is 21.8. The van der Waals surface area contributed by atoms with Crippen LogP contribution in [-0.4, -0.2) is 28.0 Å². The zero-order valence-electron chi connectivity index (χ0n) is 17.4. The van der Waals surface area contributed by atoms with Crippen LogP contribution in [0.1, 0.15) is 51.9 Å². The summed E-state index contributed by atoms with van der Waals surface area (Å²) in [7, 11) is -4.21. The Hall–Kier alpha value is -1.28. The topological polar surface area (TPSA) is 55.8 Å². The maximum absolute atomic E-state index is 11.5. The molecular formula is C19H34O4Si2. The van der Waals surface area contributed by atoms with Gasteiger partial charge in [0.2, 0.25) is 8.32 Å². The molecule has 25 heavy (non-hydrogen) atoms. The van der Waals surface area contributed by atoms with Gasteiger partial charge in [-0.15, -0.1) is 0 Å². The first-order chi connectivity index (χ1) is 11.0. The summed E-state index contributed by atoms with van der Waals surface area (Å²) in [6.45, 7) is 21.4. The van der Waals surface area contributed by atoms with E-state index in [0.29, 0.717) is 17.8 Å². The summed E-state index contributed by atoms with van der Waals surface area (Å²) in [6, 6.07) is 3.27. The van der Waals surface area contributed by atoms with Crippen molar-refractivity contribution in [3.05, 3.63) is 17.7 Å². The molecule has 0 radical (unpaired) electrons. The molecule has 0 atom stereocenters. The van der Waals surface area contributed by atoms with Gasteiger partial charge in [0, 0.05) is 12.1 Å². The minimum atomic E-state index is -2.15. The van der Waals surface area contributed by atoms with Gasteiger partial charge in [-0.1, -0.05) is 41.5 Å². The molecule has 1 rings (SSSR count). The summed E-state index contributed by atoms with van der Waals surface area (Å²) < 4.78 is 12.6. The molecule has 0 bridgehead atoms. The van der Waals surface area contributed by atoms with Crippen LogP contribution in [0.3, 0.4) is 0 Å². The molecule has 1 aromatic rings. The number of hydrogen-bond acceptors (Lipinski definition) is 4. The van der Waals surface area contributed by atoms with Crippen LogP contribution >= 0.6 is 0 Å². The second-order valence-corrected chi connectivity index (χ2v) is 19.1. The van der Waals surface area contributed by atoms with Crippen LogP contribution in [0.2, 0.25) is 36.3 Å². The summed E-state index contributed by atoms with van der Waals surface area (Å²) in [4.78, 5) is 11.5. The van der Waals surface area contributed by atoms with Gasteiger partial charge in [0.1, 0.15) is 17.2 Å². The Labute approximate surface area is 154 Å². The smallest absolute Gasteiger partial charge is 0.250 e. The van der Waals surface area contributed by atoms with Crippen molar-refractivity contribution in [3.8, 4) is 17.2 Å². The average Bonchev–Trinajstić information content (AvgIpc) is 2.34. The van der Waals surface area contributed by atoms with Gasteiger partial charge in [-0.25, -0.2) is 0 Å². The van der Waals surface area contributed by atoms with E-state index in [2.05, 4.69) is 67.7 Å². The standard InChI is InChI=1S/C19H34O4Si2/c1-18(2,3)24(7,8)22-14-11-16(21)15(13-20)17(12-14)23-25(9,10)19(4,5)6/h11-13,21H,1-10H3. The van der Waals surface area contributed by atoms with Crippen molar-refractivity contribution in [2.24, 2.45) is 0 Å². The highest BCUT2D eigenvalue weighted by Crippen LogP contribution is 2.43. The lowest BCUT2D eigenvalue weighted by Gasteiger charge is -2.38. The zero-order chi connectivity index (χ0) is 19.8. The van der Waals surface area contributed by atoms with E-state index >= 15 is 0 Å². The summed E-state index contributed by atoms with van der Waals surface area (Å²) in [5.74, 6) is 0.874. The quantitative estimate of drug-likeness (QED) is 0.503.